The molecule has 0 aliphatic rings. The van der Waals surface area contributed by atoms with Crippen LogP contribution in [0.4, 0.5) is 0 Å². The van der Waals surface area contributed by atoms with Gasteiger partial charge in [-0.1, -0.05) is 12.1 Å². The molecule has 0 amide bonds. The summed E-state index contributed by atoms with van der Waals surface area (Å²) in [6, 6.07) is 5.57. The fraction of sp³-hybridized carbons (Fsp3) is 0.267. The summed E-state index contributed by atoms with van der Waals surface area (Å²) in [5.41, 5.74) is 2.37. The van der Waals surface area contributed by atoms with Gasteiger partial charge in [0.2, 0.25) is 11.7 Å². The third-order valence-corrected chi connectivity index (χ3v) is 3.07. The molecule has 3 rings (SSSR count). The molecule has 2 heterocycles. The molecule has 0 aliphatic heterocycles. The van der Waals surface area contributed by atoms with E-state index < -0.39 is 0 Å². The second-order valence-electron chi connectivity index (χ2n) is 4.74. The van der Waals surface area contributed by atoms with Gasteiger partial charge < -0.3 is 4.52 Å². The number of aromatic nitrogens is 4. The van der Waals surface area contributed by atoms with E-state index in [9.17, 15) is 4.79 Å². The van der Waals surface area contributed by atoms with Crippen LogP contribution in [0.3, 0.4) is 0 Å². The number of ketones is 1. The summed E-state index contributed by atoms with van der Waals surface area (Å²) in [5.74, 6) is 0.918. The molecule has 0 atom stereocenters. The van der Waals surface area contributed by atoms with E-state index in [0.717, 1.165) is 23.0 Å². The van der Waals surface area contributed by atoms with Crippen molar-refractivity contribution in [3.05, 3.63) is 36.5 Å². The van der Waals surface area contributed by atoms with E-state index in [1.54, 1.807) is 12.4 Å². The molecule has 0 bridgehead atoms. The number of hydrogen-bond donors (Lipinski definition) is 0. The predicted molar refractivity (Wildman–Crippen MR) is 76.4 cm³/mol. The molecule has 6 nitrogen and oxygen atoms in total. The Kier molecular flexibility index (Phi) is 3.68. The molecule has 2 aromatic heterocycles. The lowest BCUT2D eigenvalue weighted by atomic mass is 10.1. The van der Waals surface area contributed by atoms with Gasteiger partial charge in [-0.2, -0.15) is 4.98 Å². The Morgan fingerprint density at radius 3 is 2.81 bits per heavy atom. The van der Waals surface area contributed by atoms with E-state index in [2.05, 4.69) is 20.1 Å². The molecule has 106 valence electrons. The standard InChI is InChI=1S/C15H14N4O2/c1-2-3-11(20)9-14-18-15(19-21-14)10-4-5-12-13(8-10)17-7-6-16-12/h4-8H,2-3,9H2,1H3. The van der Waals surface area contributed by atoms with Crippen molar-refractivity contribution in [1.29, 1.82) is 0 Å². The summed E-state index contributed by atoms with van der Waals surface area (Å²) in [4.78, 5) is 24.3. The highest BCUT2D eigenvalue weighted by molar-refractivity contribution is 5.80. The van der Waals surface area contributed by atoms with Crippen LogP contribution in [0.5, 0.6) is 0 Å². The second-order valence-corrected chi connectivity index (χ2v) is 4.74. The normalized spacial score (nSPS) is 10.9. The minimum absolute atomic E-state index is 0.108. The third-order valence-electron chi connectivity index (χ3n) is 3.07. The van der Waals surface area contributed by atoms with Gasteiger partial charge in [-0.05, 0) is 24.6 Å². The number of rotatable bonds is 5. The quantitative estimate of drug-likeness (QED) is 0.715. The maximum atomic E-state index is 11.6. The Hall–Kier alpha value is -2.63. The first-order valence-electron chi connectivity index (χ1n) is 6.81. The molecule has 1 aromatic carbocycles. The molecule has 0 spiro atoms. The van der Waals surface area contributed by atoms with Crippen molar-refractivity contribution in [2.24, 2.45) is 0 Å². The van der Waals surface area contributed by atoms with Crippen molar-refractivity contribution in [3.63, 3.8) is 0 Å². The van der Waals surface area contributed by atoms with Crippen molar-refractivity contribution in [3.8, 4) is 11.4 Å². The number of nitrogens with zero attached hydrogens (tertiary/aromatic N) is 4. The zero-order valence-corrected chi connectivity index (χ0v) is 11.6. The zero-order valence-electron chi connectivity index (χ0n) is 11.6. The van der Waals surface area contributed by atoms with Crippen LogP contribution in [0.2, 0.25) is 0 Å². The van der Waals surface area contributed by atoms with Gasteiger partial charge in [-0.25, -0.2) is 0 Å². The van der Waals surface area contributed by atoms with Crippen LogP contribution in [0.1, 0.15) is 25.7 Å². The van der Waals surface area contributed by atoms with Crippen molar-refractivity contribution >= 4 is 16.8 Å². The Bertz CT molecular complexity index is 782. The number of hydrogen-bond acceptors (Lipinski definition) is 6. The van der Waals surface area contributed by atoms with Crippen LogP contribution < -0.4 is 0 Å². The molecule has 6 heteroatoms. The Labute approximate surface area is 121 Å². The molecular weight excluding hydrogens is 268 g/mol. The predicted octanol–water partition coefficient (Wildman–Crippen LogP) is 2.59. The van der Waals surface area contributed by atoms with E-state index >= 15 is 0 Å². The fourth-order valence-corrected chi connectivity index (χ4v) is 2.08. The van der Waals surface area contributed by atoms with Gasteiger partial charge in [-0.3, -0.25) is 14.8 Å². The average molecular weight is 282 g/mol. The van der Waals surface area contributed by atoms with E-state index in [-0.39, 0.29) is 12.2 Å². The number of carbonyl (C=O) groups is 1. The van der Waals surface area contributed by atoms with Crippen LogP contribution >= 0.6 is 0 Å². The van der Waals surface area contributed by atoms with E-state index in [4.69, 9.17) is 4.52 Å². The molecule has 0 saturated heterocycles. The number of carbonyl (C=O) groups excluding carboxylic acids is 1. The lowest BCUT2D eigenvalue weighted by Gasteiger charge is -1.97. The zero-order chi connectivity index (χ0) is 14.7. The van der Waals surface area contributed by atoms with Gasteiger partial charge in [-0.15, -0.1) is 0 Å². The number of Topliss-reactive ketones (excluding diaryl/α,β-unsaturated/α-hetero) is 1. The molecular formula is C15H14N4O2. The summed E-state index contributed by atoms with van der Waals surface area (Å²) in [6.07, 6.45) is 4.83. The van der Waals surface area contributed by atoms with Gasteiger partial charge in [0.15, 0.2) is 0 Å². The van der Waals surface area contributed by atoms with Gasteiger partial charge in [0.25, 0.3) is 0 Å². The summed E-state index contributed by atoms with van der Waals surface area (Å²) < 4.78 is 5.13. The van der Waals surface area contributed by atoms with Gasteiger partial charge in [0, 0.05) is 24.4 Å². The van der Waals surface area contributed by atoms with Crippen molar-refractivity contribution in [1.82, 2.24) is 20.1 Å². The first-order chi connectivity index (χ1) is 10.3. The van der Waals surface area contributed by atoms with Crippen molar-refractivity contribution in [2.45, 2.75) is 26.2 Å². The minimum Gasteiger partial charge on any atom is -0.339 e. The third kappa shape index (κ3) is 2.94. The highest BCUT2D eigenvalue weighted by Gasteiger charge is 2.12. The number of fused-ring (bicyclic) bond motifs is 1. The monoisotopic (exact) mass is 282 g/mol. The highest BCUT2D eigenvalue weighted by Crippen LogP contribution is 2.20. The van der Waals surface area contributed by atoms with Gasteiger partial charge >= 0.3 is 0 Å². The molecule has 0 N–H and O–H groups in total. The van der Waals surface area contributed by atoms with Crippen molar-refractivity contribution in [2.75, 3.05) is 0 Å². The SMILES string of the molecule is CCCC(=O)Cc1nc(-c2ccc3nccnc3c2)no1. The smallest absolute Gasteiger partial charge is 0.234 e. The van der Waals surface area contributed by atoms with Crippen LogP contribution in [-0.2, 0) is 11.2 Å². The van der Waals surface area contributed by atoms with E-state index in [0.29, 0.717) is 18.1 Å². The fourth-order valence-electron chi connectivity index (χ4n) is 2.08. The summed E-state index contributed by atoms with van der Waals surface area (Å²) in [7, 11) is 0. The Balaban J connectivity index is 1.85. The molecule has 0 unspecified atom stereocenters. The molecule has 0 aliphatic carbocycles. The lowest BCUT2D eigenvalue weighted by Crippen LogP contribution is -2.01. The Morgan fingerprint density at radius 1 is 1.19 bits per heavy atom. The summed E-state index contributed by atoms with van der Waals surface area (Å²) in [5, 5.41) is 3.92. The maximum Gasteiger partial charge on any atom is 0.234 e. The van der Waals surface area contributed by atoms with Crippen LogP contribution in [0.25, 0.3) is 22.4 Å². The van der Waals surface area contributed by atoms with E-state index in [1.807, 2.05) is 25.1 Å². The van der Waals surface area contributed by atoms with Crippen molar-refractivity contribution < 1.29 is 9.32 Å². The highest BCUT2D eigenvalue weighted by atomic mass is 16.5. The maximum absolute atomic E-state index is 11.6. The van der Waals surface area contributed by atoms with E-state index in [1.165, 1.54) is 0 Å². The average Bonchev–Trinajstić information content (AvgIpc) is 2.95. The van der Waals surface area contributed by atoms with Gasteiger partial charge in [0.1, 0.15) is 5.78 Å². The summed E-state index contributed by atoms with van der Waals surface area (Å²) in [6.45, 7) is 1.97. The minimum atomic E-state index is 0.108. The molecule has 0 saturated carbocycles. The first-order valence-corrected chi connectivity index (χ1v) is 6.81. The summed E-state index contributed by atoms with van der Waals surface area (Å²) >= 11 is 0. The Morgan fingerprint density at radius 2 is 2.00 bits per heavy atom. The molecule has 0 radical (unpaired) electrons. The molecule has 0 fully saturated rings. The topological polar surface area (TPSA) is 81.8 Å². The second kappa shape index (κ2) is 5.78. The van der Waals surface area contributed by atoms with Crippen LogP contribution in [0.15, 0.2) is 35.1 Å². The van der Waals surface area contributed by atoms with Gasteiger partial charge in [0.05, 0.1) is 17.5 Å². The largest absolute Gasteiger partial charge is 0.339 e. The first kappa shape index (κ1) is 13.4. The van der Waals surface area contributed by atoms with Crippen LogP contribution in [0, 0.1) is 0 Å². The van der Waals surface area contributed by atoms with Crippen LogP contribution in [-0.4, -0.2) is 25.9 Å². The molecule has 21 heavy (non-hydrogen) atoms. The molecule has 3 aromatic rings. The lowest BCUT2D eigenvalue weighted by molar-refractivity contribution is -0.118. The number of benzene rings is 1.